The van der Waals surface area contributed by atoms with Gasteiger partial charge >= 0.3 is 5.97 Å². The summed E-state index contributed by atoms with van der Waals surface area (Å²) in [6, 6.07) is 5.58. The smallest absolute Gasteiger partial charge is 0.325 e. The maximum absolute atomic E-state index is 11.3. The van der Waals surface area contributed by atoms with Crippen molar-refractivity contribution in [1.29, 1.82) is 0 Å². The van der Waals surface area contributed by atoms with Crippen LogP contribution in [0.3, 0.4) is 0 Å². The molecule has 6 heteroatoms. The molecule has 5 nitrogen and oxygen atoms in total. The molecule has 0 aromatic heterocycles. The van der Waals surface area contributed by atoms with Crippen molar-refractivity contribution in [1.82, 2.24) is 5.32 Å². The van der Waals surface area contributed by atoms with Gasteiger partial charge in [-0.2, -0.15) is 0 Å². The zero-order valence-corrected chi connectivity index (χ0v) is 9.90. The van der Waals surface area contributed by atoms with E-state index in [4.69, 9.17) is 21.4 Å². The average molecular weight is 258 g/mol. The van der Waals surface area contributed by atoms with E-state index < -0.39 is 17.9 Å². The van der Waals surface area contributed by atoms with E-state index in [-0.39, 0.29) is 6.61 Å². The van der Waals surface area contributed by atoms with Gasteiger partial charge in [-0.3, -0.25) is 9.59 Å². The van der Waals surface area contributed by atoms with Crippen molar-refractivity contribution in [3.63, 3.8) is 0 Å². The minimum Gasteiger partial charge on any atom is -0.484 e. The summed E-state index contributed by atoms with van der Waals surface area (Å²) in [5, 5.41) is 11.4. The van der Waals surface area contributed by atoms with Gasteiger partial charge in [-0.15, -0.1) is 0 Å². The van der Waals surface area contributed by atoms with Crippen molar-refractivity contribution >= 4 is 23.5 Å². The lowest BCUT2D eigenvalue weighted by atomic mass is 10.3. The Kier molecular flexibility index (Phi) is 4.78. The maximum atomic E-state index is 11.3. The Morgan fingerprint density at radius 1 is 1.41 bits per heavy atom. The normalized spacial score (nSPS) is 11.6. The number of nitrogens with one attached hydrogen (secondary N) is 1. The molecule has 1 rings (SSSR count). The molecule has 0 fully saturated rings. The molecule has 0 aliphatic rings. The predicted octanol–water partition coefficient (Wildman–Crippen LogP) is 1.31. The Labute approximate surface area is 103 Å². The Hall–Kier alpha value is -1.75. The SMILES string of the molecule is C[C@@H](NC(=O)COc1ccc(Cl)cc1)C(=O)O. The van der Waals surface area contributed by atoms with Crippen LogP contribution in [0.2, 0.25) is 5.02 Å². The topological polar surface area (TPSA) is 75.6 Å². The van der Waals surface area contributed by atoms with Crippen LogP contribution in [0.25, 0.3) is 0 Å². The van der Waals surface area contributed by atoms with Crippen LogP contribution in [-0.2, 0) is 9.59 Å². The molecule has 2 N–H and O–H groups in total. The number of ether oxygens (including phenoxy) is 1. The summed E-state index contributed by atoms with van der Waals surface area (Å²) in [6.07, 6.45) is 0. The van der Waals surface area contributed by atoms with Crippen LogP contribution in [-0.4, -0.2) is 29.6 Å². The number of halogens is 1. The number of hydrogen-bond donors (Lipinski definition) is 2. The molecule has 0 aliphatic carbocycles. The number of rotatable bonds is 5. The van der Waals surface area contributed by atoms with E-state index in [1.54, 1.807) is 24.3 Å². The molecular weight excluding hydrogens is 246 g/mol. The van der Waals surface area contributed by atoms with Crippen molar-refractivity contribution in [3.05, 3.63) is 29.3 Å². The number of benzene rings is 1. The van der Waals surface area contributed by atoms with Crippen LogP contribution in [0.15, 0.2) is 24.3 Å². The highest BCUT2D eigenvalue weighted by Crippen LogP contribution is 2.15. The third-order valence-corrected chi connectivity index (χ3v) is 2.18. The van der Waals surface area contributed by atoms with Crippen LogP contribution in [0.4, 0.5) is 0 Å². The van der Waals surface area contributed by atoms with Crippen molar-refractivity contribution in [2.45, 2.75) is 13.0 Å². The van der Waals surface area contributed by atoms with Gasteiger partial charge in [-0.05, 0) is 31.2 Å². The number of aliphatic carboxylic acids is 1. The molecule has 17 heavy (non-hydrogen) atoms. The number of carboxylic acid groups (broad SMARTS) is 1. The fraction of sp³-hybridized carbons (Fsp3) is 0.273. The fourth-order valence-electron chi connectivity index (χ4n) is 1.02. The quantitative estimate of drug-likeness (QED) is 0.834. The first-order chi connectivity index (χ1) is 7.99. The largest absolute Gasteiger partial charge is 0.484 e. The lowest BCUT2D eigenvalue weighted by Crippen LogP contribution is -2.40. The van der Waals surface area contributed by atoms with Gasteiger partial charge in [0.05, 0.1) is 0 Å². The van der Waals surface area contributed by atoms with Crippen molar-refractivity contribution < 1.29 is 19.4 Å². The minimum atomic E-state index is -1.09. The van der Waals surface area contributed by atoms with E-state index in [0.29, 0.717) is 10.8 Å². The summed E-state index contributed by atoms with van der Waals surface area (Å²) in [7, 11) is 0. The minimum absolute atomic E-state index is 0.237. The third-order valence-electron chi connectivity index (χ3n) is 1.93. The second-order valence-electron chi connectivity index (χ2n) is 3.37. The molecule has 0 aliphatic heterocycles. The second kappa shape index (κ2) is 6.10. The summed E-state index contributed by atoms with van der Waals surface area (Å²) in [6.45, 7) is 1.14. The number of hydrogen-bond acceptors (Lipinski definition) is 3. The zero-order valence-electron chi connectivity index (χ0n) is 9.14. The van der Waals surface area contributed by atoms with E-state index in [2.05, 4.69) is 5.32 Å². The monoisotopic (exact) mass is 257 g/mol. The number of amides is 1. The van der Waals surface area contributed by atoms with Crippen molar-refractivity contribution in [3.8, 4) is 5.75 Å². The Balaban J connectivity index is 2.38. The summed E-state index contributed by atoms with van der Waals surface area (Å²) >= 11 is 5.68. The first kappa shape index (κ1) is 13.3. The van der Waals surface area contributed by atoms with Crippen LogP contribution >= 0.6 is 11.6 Å². The molecule has 1 atom stereocenters. The molecule has 1 aromatic carbocycles. The molecule has 0 spiro atoms. The standard InChI is InChI=1S/C11H12ClNO4/c1-7(11(15)16)13-10(14)6-17-9-4-2-8(12)3-5-9/h2-5,7H,6H2,1H3,(H,13,14)(H,15,16)/t7-/m1/s1. The van der Waals surface area contributed by atoms with E-state index in [0.717, 1.165) is 0 Å². The fourth-order valence-corrected chi connectivity index (χ4v) is 1.15. The zero-order chi connectivity index (χ0) is 12.8. The molecule has 92 valence electrons. The third kappa shape index (κ3) is 4.74. The van der Waals surface area contributed by atoms with Crippen LogP contribution < -0.4 is 10.1 Å². The molecule has 0 saturated carbocycles. The average Bonchev–Trinajstić information content (AvgIpc) is 2.28. The van der Waals surface area contributed by atoms with Gasteiger partial charge in [-0.1, -0.05) is 11.6 Å². The molecule has 0 bridgehead atoms. The van der Waals surface area contributed by atoms with E-state index in [1.807, 2.05) is 0 Å². The van der Waals surface area contributed by atoms with Crippen LogP contribution in [0.5, 0.6) is 5.75 Å². The Morgan fingerprint density at radius 2 is 2.00 bits per heavy atom. The highest BCUT2D eigenvalue weighted by molar-refractivity contribution is 6.30. The molecule has 0 saturated heterocycles. The van der Waals surface area contributed by atoms with Gasteiger partial charge in [0, 0.05) is 5.02 Å². The molecule has 0 radical (unpaired) electrons. The van der Waals surface area contributed by atoms with E-state index in [9.17, 15) is 9.59 Å². The first-order valence-electron chi connectivity index (χ1n) is 4.89. The van der Waals surface area contributed by atoms with Gasteiger partial charge < -0.3 is 15.2 Å². The molecule has 1 aromatic rings. The maximum Gasteiger partial charge on any atom is 0.325 e. The summed E-state index contributed by atoms with van der Waals surface area (Å²) in [4.78, 5) is 21.7. The predicted molar refractivity (Wildman–Crippen MR) is 62.2 cm³/mol. The summed E-state index contributed by atoms with van der Waals surface area (Å²) in [5.41, 5.74) is 0. The first-order valence-corrected chi connectivity index (χ1v) is 5.27. The Morgan fingerprint density at radius 3 is 2.53 bits per heavy atom. The van der Waals surface area contributed by atoms with Gasteiger partial charge in [0.25, 0.3) is 5.91 Å². The van der Waals surface area contributed by atoms with E-state index in [1.165, 1.54) is 6.92 Å². The van der Waals surface area contributed by atoms with Crippen LogP contribution in [0, 0.1) is 0 Å². The highest BCUT2D eigenvalue weighted by atomic mass is 35.5. The van der Waals surface area contributed by atoms with Gasteiger partial charge in [0.15, 0.2) is 6.61 Å². The Bertz CT molecular complexity index is 404. The molecule has 1 amide bonds. The van der Waals surface area contributed by atoms with Crippen molar-refractivity contribution in [2.24, 2.45) is 0 Å². The van der Waals surface area contributed by atoms with Gasteiger partial charge in [0.1, 0.15) is 11.8 Å². The van der Waals surface area contributed by atoms with Crippen molar-refractivity contribution in [2.75, 3.05) is 6.61 Å². The number of carbonyl (C=O) groups excluding carboxylic acids is 1. The van der Waals surface area contributed by atoms with E-state index >= 15 is 0 Å². The van der Waals surface area contributed by atoms with Gasteiger partial charge in [0.2, 0.25) is 0 Å². The lowest BCUT2D eigenvalue weighted by molar-refractivity contribution is -0.141. The second-order valence-corrected chi connectivity index (χ2v) is 3.81. The molecular formula is C11H12ClNO4. The lowest BCUT2D eigenvalue weighted by Gasteiger charge is -2.10. The number of carboxylic acids is 1. The molecule has 0 unspecified atom stereocenters. The number of carbonyl (C=O) groups is 2. The summed E-state index contributed by atoms with van der Waals surface area (Å²) < 4.78 is 5.14. The summed E-state index contributed by atoms with van der Waals surface area (Å²) in [5.74, 6) is -1.09. The van der Waals surface area contributed by atoms with Crippen LogP contribution in [0.1, 0.15) is 6.92 Å². The molecule has 0 heterocycles. The van der Waals surface area contributed by atoms with Gasteiger partial charge in [-0.25, -0.2) is 0 Å². The highest BCUT2D eigenvalue weighted by Gasteiger charge is 2.13.